The van der Waals surface area contributed by atoms with Gasteiger partial charge in [0.25, 0.3) is 5.56 Å². The molecular weight excluding hydrogens is 324 g/mol. The Morgan fingerprint density at radius 2 is 1.88 bits per heavy atom. The molecule has 130 valence electrons. The number of amides is 2. The van der Waals surface area contributed by atoms with Crippen molar-refractivity contribution in [2.45, 2.75) is 25.4 Å². The Hall–Kier alpha value is -2.90. The molecule has 0 bridgehead atoms. The number of aromatic amines is 1. The zero-order valence-electron chi connectivity index (χ0n) is 13.5. The molecule has 1 aromatic heterocycles. The molecule has 1 aliphatic heterocycles. The summed E-state index contributed by atoms with van der Waals surface area (Å²) < 4.78 is 1.27. The minimum atomic E-state index is -0.601. The second kappa shape index (κ2) is 5.87. The van der Waals surface area contributed by atoms with Gasteiger partial charge in [0.05, 0.1) is 16.9 Å². The van der Waals surface area contributed by atoms with E-state index in [1.807, 2.05) is 0 Å². The van der Waals surface area contributed by atoms with E-state index in [0.29, 0.717) is 24.0 Å². The highest BCUT2D eigenvalue weighted by atomic mass is 16.2. The summed E-state index contributed by atoms with van der Waals surface area (Å²) >= 11 is 0. The van der Waals surface area contributed by atoms with E-state index >= 15 is 0 Å². The topological polar surface area (TPSA) is 104 Å². The molecule has 2 N–H and O–H groups in total. The molecule has 0 radical (unpaired) electrons. The molecule has 1 aromatic carbocycles. The molecule has 2 fully saturated rings. The van der Waals surface area contributed by atoms with Crippen LogP contribution >= 0.6 is 0 Å². The molecule has 1 saturated heterocycles. The summed E-state index contributed by atoms with van der Waals surface area (Å²) in [6, 6.07) is 6.67. The largest absolute Gasteiger partial charge is 0.350 e. The Morgan fingerprint density at radius 1 is 1.16 bits per heavy atom. The highest BCUT2D eigenvalue weighted by Crippen LogP contribution is 2.29. The van der Waals surface area contributed by atoms with Crippen molar-refractivity contribution in [3.05, 3.63) is 45.1 Å². The van der Waals surface area contributed by atoms with E-state index in [-0.39, 0.29) is 30.3 Å². The molecule has 25 heavy (non-hydrogen) atoms. The van der Waals surface area contributed by atoms with Gasteiger partial charge in [-0.3, -0.25) is 23.9 Å². The normalized spacial score (nSPS) is 17.4. The van der Waals surface area contributed by atoms with E-state index in [1.165, 1.54) is 4.57 Å². The minimum Gasteiger partial charge on any atom is -0.350 e. The maximum absolute atomic E-state index is 12.4. The number of hydrogen-bond donors (Lipinski definition) is 2. The van der Waals surface area contributed by atoms with E-state index < -0.39 is 11.2 Å². The SMILES string of the molecule is O=C(NC1CN(C(=O)Cn2c(=O)[nH]c(=O)c3ccccc32)C1)C1CC1. The van der Waals surface area contributed by atoms with Crippen molar-refractivity contribution in [2.75, 3.05) is 13.1 Å². The third-order valence-electron chi connectivity index (χ3n) is 4.73. The van der Waals surface area contributed by atoms with E-state index in [4.69, 9.17) is 0 Å². The molecule has 8 nitrogen and oxygen atoms in total. The number of carbonyl (C=O) groups excluding carboxylic acids is 2. The van der Waals surface area contributed by atoms with Crippen LogP contribution in [-0.2, 0) is 16.1 Å². The number of nitrogens with one attached hydrogen (secondary N) is 2. The smallest absolute Gasteiger partial charge is 0.329 e. The Labute approximate surface area is 142 Å². The van der Waals surface area contributed by atoms with Crippen molar-refractivity contribution in [3.63, 3.8) is 0 Å². The van der Waals surface area contributed by atoms with Crippen molar-refractivity contribution in [2.24, 2.45) is 5.92 Å². The first kappa shape index (κ1) is 15.6. The zero-order chi connectivity index (χ0) is 17.6. The average Bonchev–Trinajstić information content (AvgIpc) is 3.39. The lowest BCUT2D eigenvalue weighted by molar-refractivity contribution is -0.138. The van der Waals surface area contributed by atoms with Crippen molar-refractivity contribution < 1.29 is 9.59 Å². The number of nitrogens with zero attached hydrogens (tertiary/aromatic N) is 2. The number of likely N-dealkylation sites (tertiary alicyclic amines) is 1. The van der Waals surface area contributed by atoms with Gasteiger partial charge in [0.2, 0.25) is 11.8 Å². The standard InChI is InChI=1S/C17H18N4O4/c22-14(20-7-11(8-20)18-15(23)10-5-6-10)9-21-13-4-2-1-3-12(13)16(24)19-17(21)25/h1-4,10-11H,5-9H2,(H,18,23)(H,19,24,25). The Bertz CT molecular complexity index is 967. The lowest BCUT2D eigenvalue weighted by Crippen LogP contribution is -2.61. The van der Waals surface area contributed by atoms with Crippen LogP contribution in [-0.4, -0.2) is 45.4 Å². The van der Waals surface area contributed by atoms with Crippen molar-refractivity contribution in [1.82, 2.24) is 19.8 Å². The van der Waals surface area contributed by atoms with E-state index in [0.717, 1.165) is 12.8 Å². The van der Waals surface area contributed by atoms with Crippen LogP contribution in [0.2, 0.25) is 0 Å². The lowest BCUT2D eigenvalue weighted by Gasteiger charge is -2.39. The fourth-order valence-electron chi connectivity index (χ4n) is 3.07. The van der Waals surface area contributed by atoms with Gasteiger partial charge in [0.1, 0.15) is 6.54 Å². The number of rotatable bonds is 4. The Balaban J connectivity index is 1.45. The van der Waals surface area contributed by atoms with Gasteiger partial charge in [0, 0.05) is 19.0 Å². The van der Waals surface area contributed by atoms with Crippen LogP contribution in [0.15, 0.2) is 33.9 Å². The van der Waals surface area contributed by atoms with Crippen molar-refractivity contribution in [1.29, 1.82) is 0 Å². The van der Waals surface area contributed by atoms with Crippen LogP contribution in [0.1, 0.15) is 12.8 Å². The molecule has 2 heterocycles. The first-order valence-corrected chi connectivity index (χ1v) is 8.33. The maximum atomic E-state index is 12.4. The molecule has 2 amide bonds. The molecule has 0 atom stereocenters. The minimum absolute atomic E-state index is 0.0129. The predicted octanol–water partition coefficient (Wildman–Crippen LogP) is -0.573. The number of hydrogen-bond acceptors (Lipinski definition) is 4. The van der Waals surface area contributed by atoms with Gasteiger partial charge in [-0.25, -0.2) is 4.79 Å². The van der Waals surface area contributed by atoms with Crippen molar-refractivity contribution in [3.8, 4) is 0 Å². The van der Waals surface area contributed by atoms with Crippen LogP contribution in [0.25, 0.3) is 10.9 Å². The van der Waals surface area contributed by atoms with Gasteiger partial charge < -0.3 is 10.2 Å². The number of H-pyrrole nitrogens is 1. The zero-order valence-corrected chi connectivity index (χ0v) is 13.5. The molecule has 2 aliphatic rings. The fourth-order valence-corrected chi connectivity index (χ4v) is 3.07. The van der Waals surface area contributed by atoms with Crippen LogP contribution < -0.4 is 16.6 Å². The van der Waals surface area contributed by atoms with E-state index in [1.54, 1.807) is 29.2 Å². The summed E-state index contributed by atoms with van der Waals surface area (Å²) in [6.07, 6.45) is 1.90. The highest BCUT2D eigenvalue weighted by molar-refractivity contribution is 5.83. The molecular formula is C17H18N4O4. The number of fused-ring (bicyclic) bond motifs is 1. The van der Waals surface area contributed by atoms with Crippen molar-refractivity contribution >= 4 is 22.7 Å². The fraction of sp³-hybridized carbons (Fsp3) is 0.412. The first-order chi connectivity index (χ1) is 12.0. The second-order valence-corrected chi connectivity index (χ2v) is 6.64. The Morgan fingerprint density at radius 3 is 2.60 bits per heavy atom. The number of para-hydroxylation sites is 1. The Kier molecular flexibility index (Phi) is 3.67. The predicted molar refractivity (Wildman–Crippen MR) is 90.1 cm³/mol. The number of carbonyl (C=O) groups is 2. The lowest BCUT2D eigenvalue weighted by atomic mass is 10.1. The summed E-state index contributed by atoms with van der Waals surface area (Å²) in [6.45, 7) is 0.764. The summed E-state index contributed by atoms with van der Waals surface area (Å²) in [5.41, 5.74) is -0.629. The quantitative estimate of drug-likeness (QED) is 0.776. The number of aromatic nitrogens is 2. The molecule has 1 aliphatic carbocycles. The number of benzene rings is 1. The van der Waals surface area contributed by atoms with Crippen LogP contribution in [0.5, 0.6) is 0 Å². The third-order valence-corrected chi connectivity index (χ3v) is 4.73. The van der Waals surface area contributed by atoms with Gasteiger partial charge in [-0.1, -0.05) is 12.1 Å². The van der Waals surface area contributed by atoms with Gasteiger partial charge in [-0.05, 0) is 25.0 Å². The summed E-state index contributed by atoms with van der Waals surface area (Å²) in [5, 5.41) is 3.30. The third kappa shape index (κ3) is 2.95. The molecule has 8 heteroatoms. The average molecular weight is 342 g/mol. The molecule has 4 rings (SSSR count). The monoisotopic (exact) mass is 342 g/mol. The van der Waals surface area contributed by atoms with Crippen LogP contribution in [0.3, 0.4) is 0 Å². The van der Waals surface area contributed by atoms with Crippen LogP contribution in [0, 0.1) is 5.92 Å². The van der Waals surface area contributed by atoms with Gasteiger partial charge >= 0.3 is 5.69 Å². The molecule has 0 unspecified atom stereocenters. The van der Waals surface area contributed by atoms with Crippen LogP contribution in [0.4, 0.5) is 0 Å². The van der Waals surface area contributed by atoms with Gasteiger partial charge in [-0.2, -0.15) is 0 Å². The van der Waals surface area contributed by atoms with E-state index in [9.17, 15) is 19.2 Å². The summed E-state index contributed by atoms with van der Waals surface area (Å²) in [7, 11) is 0. The molecule has 0 spiro atoms. The second-order valence-electron chi connectivity index (χ2n) is 6.64. The van der Waals surface area contributed by atoms with Gasteiger partial charge in [0.15, 0.2) is 0 Å². The summed E-state index contributed by atoms with van der Waals surface area (Å²) in [5.74, 6) is 0.00649. The van der Waals surface area contributed by atoms with Gasteiger partial charge in [-0.15, -0.1) is 0 Å². The highest BCUT2D eigenvalue weighted by Gasteiger charge is 2.36. The first-order valence-electron chi connectivity index (χ1n) is 8.33. The molecule has 1 saturated carbocycles. The van der Waals surface area contributed by atoms with E-state index in [2.05, 4.69) is 10.3 Å². The maximum Gasteiger partial charge on any atom is 0.329 e. The molecule has 2 aromatic rings. The summed E-state index contributed by atoms with van der Waals surface area (Å²) in [4.78, 5) is 51.9.